The highest BCUT2D eigenvalue weighted by Gasteiger charge is 2.27. The van der Waals surface area contributed by atoms with Gasteiger partial charge in [-0.05, 0) is 32.4 Å². The monoisotopic (exact) mass is 266 g/mol. The largest absolute Gasteiger partial charge is 0.497 e. The smallest absolute Gasteiger partial charge is 0.231 e. The molecule has 0 fully saturated rings. The quantitative estimate of drug-likeness (QED) is 0.854. The van der Waals surface area contributed by atoms with E-state index >= 15 is 0 Å². The molecule has 106 valence electrons. The van der Waals surface area contributed by atoms with Crippen LogP contribution in [0.4, 0.5) is 5.69 Å². The number of methoxy groups -OCH3 is 2. The Morgan fingerprint density at radius 3 is 2.42 bits per heavy atom. The molecule has 0 unspecified atom stereocenters. The Hall–Kier alpha value is -1.75. The van der Waals surface area contributed by atoms with Crippen molar-refractivity contribution in [3.8, 4) is 11.5 Å². The highest BCUT2D eigenvalue weighted by molar-refractivity contribution is 5.97. The van der Waals surface area contributed by atoms with Gasteiger partial charge in [-0.3, -0.25) is 4.79 Å². The maximum Gasteiger partial charge on any atom is 0.231 e. The first kappa shape index (κ1) is 15.3. The summed E-state index contributed by atoms with van der Waals surface area (Å²) in [5, 5.41) is 2.87. The van der Waals surface area contributed by atoms with Crippen LogP contribution < -0.4 is 20.5 Å². The van der Waals surface area contributed by atoms with Crippen molar-refractivity contribution >= 4 is 11.6 Å². The van der Waals surface area contributed by atoms with E-state index < -0.39 is 5.41 Å². The summed E-state index contributed by atoms with van der Waals surface area (Å²) in [6.07, 6.45) is 0. The molecule has 19 heavy (non-hydrogen) atoms. The first-order chi connectivity index (χ1) is 8.85. The van der Waals surface area contributed by atoms with E-state index in [1.807, 2.05) is 13.0 Å². The Morgan fingerprint density at radius 1 is 1.32 bits per heavy atom. The van der Waals surface area contributed by atoms with E-state index in [0.29, 0.717) is 17.2 Å². The fourth-order valence-electron chi connectivity index (χ4n) is 1.54. The molecule has 0 saturated heterocycles. The summed E-state index contributed by atoms with van der Waals surface area (Å²) in [6, 6.07) is 3.58. The predicted molar refractivity (Wildman–Crippen MR) is 75.7 cm³/mol. The fraction of sp³-hybridized carbons (Fsp3) is 0.500. The molecule has 1 aromatic carbocycles. The molecule has 1 aromatic rings. The minimum absolute atomic E-state index is 0.137. The lowest BCUT2D eigenvalue weighted by Crippen LogP contribution is -2.37. The summed E-state index contributed by atoms with van der Waals surface area (Å²) in [5.41, 5.74) is 6.50. The molecule has 0 radical (unpaired) electrons. The Kier molecular flexibility index (Phi) is 4.78. The average molecular weight is 266 g/mol. The lowest BCUT2D eigenvalue weighted by atomic mass is 9.92. The first-order valence-electron chi connectivity index (χ1n) is 6.10. The van der Waals surface area contributed by atoms with Gasteiger partial charge in [0, 0.05) is 12.6 Å². The van der Waals surface area contributed by atoms with Gasteiger partial charge in [-0.25, -0.2) is 0 Å². The summed E-state index contributed by atoms with van der Waals surface area (Å²) in [6.45, 7) is 5.76. The maximum absolute atomic E-state index is 12.2. The second kappa shape index (κ2) is 5.93. The van der Waals surface area contributed by atoms with Crippen LogP contribution in [-0.2, 0) is 4.79 Å². The zero-order valence-electron chi connectivity index (χ0n) is 12.2. The van der Waals surface area contributed by atoms with Crippen molar-refractivity contribution < 1.29 is 14.3 Å². The van der Waals surface area contributed by atoms with E-state index in [2.05, 4.69) is 5.32 Å². The number of nitrogens with two attached hydrogens (primary N) is 1. The molecule has 0 atom stereocenters. The van der Waals surface area contributed by atoms with Crippen LogP contribution >= 0.6 is 0 Å². The van der Waals surface area contributed by atoms with E-state index in [0.717, 1.165) is 5.56 Å². The predicted octanol–water partition coefficient (Wildman–Crippen LogP) is 1.94. The minimum atomic E-state index is -0.628. The van der Waals surface area contributed by atoms with Crippen LogP contribution in [0.15, 0.2) is 12.1 Å². The van der Waals surface area contributed by atoms with Crippen LogP contribution in [0.1, 0.15) is 19.4 Å². The molecule has 0 aliphatic heterocycles. The lowest BCUT2D eigenvalue weighted by molar-refractivity contribution is -0.123. The molecular formula is C14H22N2O3. The van der Waals surface area contributed by atoms with Crippen LogP contribution in [0.5, 0.6) is 11.5 Å². The van der Waals surface area contributed by atoms with Gasteiger partial charge >= 0.3 is 0 Å². The number of rotatable bonds is 5. The molecule has 0 aliphatic rings. The molecule has 0 bridgehead atoms. The topological polar surface area (TPSA) is 73.6 Å². The Balaban J connectivity index is 3.11. The average Bonchev–Trinajstić information content (AvgIpc) is 2.40. The van der Waals surface area contributed by atoms with Crippen molar-refractivity contribution in [3.63, 3.8) is 0 Å². The number of nitrogens with one attached hydrogen (secondary N) is 1. The number of hydrogen-bond acceptors (Lipinski definition) is 4. The van der Waals surface area contributed by atoms with Crippen molar-refractivity contribution in [3.05, 3.63) is 17.7 Å². The maximum atomic E-state index is 12.2. The highest BCUT2D eigenvalue weighted by Crippen LogP contribution is 2.34. The van der Waals surface area contributed by atoms with Crippen LogP contribution in [0.2, 0.25) is 0 Å². The standard InChI is InChI=1S/C14H22N2O3/c1-9-6-10(18-4)7-11(19-5)12(9)16-13(17)14(2,3)8-15/h6-7H,8,15H2,1-5H3,(H,16,17). The van der Waals surface area contributed by atoms with Gasteiger partial charge in [-0.1, -0.05) is 0 Å². The summed E-state index contributed by atoms with van der Waals surface area (Å²) >= 11 is 0. The van der Waals surface area contributed by atoms with Gasteiger partial charge in [0.05, 0.1) is 25.3 Å². The van der Waals surface area contributed by atoms with Crippen molar-refractivity contribution in [2.24, 2.45) is 11.1 Å². The summed E-state index contributed by atoms with van der Waals surface area (Å²) in [7, 11) is 3.14. The number of amides is 1. The van der Waals surface area contributed by atoms with Gasteiger partial charge < -0.3 is 20.5 Å². The molecule has 0 saturated carbocycles. The van der Waals surface area contributed by atoms with Gasteiger partial charge in [0.1, 0.15) is 11.5 Å². The van der Waals surface area contributed by atoms with Crippen LogP contribution in [-0.4, -0.2) is 26.7 Å². The number of anilines is 1. The number of benzene rings is 1. The van der Waals surface area contributed by atoms with Crippen LogP contribution in [0, 0.1) is 12.3 Å². The first-order valence-corrected chi connectivity index (χ1v) is 6.10. The molecule has 1 rings (SSSR count). The fourth-order valence-corrected chi connectivity index (χ4v) is 1.54. The van der Waals surface area contributed by atoms with E-state index in [1.165, 1.54) is 0 Å². The number of carbonyl (C=O) groups is 1. The van der Waals surface area contributed by atoms with Gasteiger partial charge in [0.15, 0.2) is 0 Å². The molecular weight excluding hydrogens is 244 g/mol. The second-order valence-electron chi connectivity index (χ2n) is 5.06. The second-order valence-corrected chi connectivity index (χ2v) is 5.06. The lowest BCUT2D eigenvalue weighted by Gasteiger charge is -2.23. The third-order valence-electron chi connectivity index (χ3n) is 3.09. The van der Waals surface area contributed by atoms with Gasteiger partial charge in [0.2, 0.25) is 5.91 Å². The van der Waals surface area contributed by atoms with E-state index in [-0.39, 0.29) is 12.5 Å². The highest BCUT2D eigenvalue weighted by atomic mass is 16.5. The SMILES string of the molecule is COc1cc(C)c(NC(=O)C(C)(C)CN)c(OC)c1. The van der Waals surface area contributed by atoms with Crippen molar-refractivity contribution in [1.29, 1.82) is 0 Å². The molecule has 0 spiro atoms. The third-order valence-corrected chi connectivity index (χ3v) is 3.09. The van der Waals surface area contributed by atoms with Gasteiger partial charge in [-0.2, -0.15) is 0 Å². The Morgan fingerprint density at radius 2 is 1.95 bits per heavy atom. The molecule has 0 aliphatic carbocycles. The van der Waals surface area contributed by atoms with Gasteiger partial charge in [-0.15, -0.1) is 0 Å². The molecule has 1 amide bonds. The summed E-state index contributed by atoms with van der Waals surface area (Å²) in [5.74, 6) is 1.12. The van der Waals surface area contributed by atoms with E-state index in [1.54, 1.807) is 34.1 Å². The van der Waals surface area contributed by atoms with Crippen molar-refractivity contribution in [1.82, 2.24) is 0 Å². The third kappa shape index (κ3) is 3.38. The van der Waals surface area contributed by atoms with Crippen LogP contribution in [0.25, 0.3) is 0 Å². The Labute approximate surface area is 114 Å². The zero-order valence-corrected chi connectivity index (χ0v) is 12.2. The number of hydrogen-bond donors (Lipinski definition) is 2. The molecule has 5 heteroatoms. The number of carbonyl (C=O) groups excluding carboxylic acids is 1. The Bertz CT molecular complexity index is 470. The molecule has 3 N–H and O–H groups in total. The number of aryl methyl sites for hydroxylation is 1. The van der Waals surface area contributed by atoms with E-state index in [4.69, 9.17) is 15.2 Å². The summed E-state index contributed by atoms with van der Waals surface area (Å²) < 4.78 is 10.5. The minimum Gasteiger partial charge on any atom is -0.497 e. The van der Waals surface area contributed by atoms with E-state index in [9.17, 15) is 4.79 Å². The summed E-state index contributed by atoms with van der Waals surface area (Å²) in [4.78, 5) is 12.2. The molecule has 5 nitrogen and oxygen atoms in total. The van der Waals surface area contributed by atoms with Gasteiger partial charge in [0.25, 0.3) is 0 Å². The van der Waals surface area contributed by atoms with Crippen LogP contribution in [0.3, 0.4) is 0 Å². The number of ether oxygens (including phenoxy) is 2. The normalized spacial score (nSPS) is 11.1. The molecule has 0 heterocycles. The molecule has 0 aromatic heterocycles. The van der Waals surface area contributed by atoms with Crippen molar-refractivity contribution in [2.45, 2.75) is 20.8 Å². The van der Waals surface area contributed by atoms with Crippen molar-refractivity contribution in [2.75, 3.05) is 26.1 Å². The zero-order chi connectivity index (χ0) is 14.6.